The fourth-order valence-corrected chi connectivity index (χ4v) is 3.86. The Morgan fingerprint density at radius 3 is 2.69 bits per heavy atom. The summed E-state index contributed by atoms with van der Waals surface area (Å²) >= 11 is 1.79. The SMILES string of the molecule is Cc1ccc(CN(Cc2ccc3c(c2)OCO3)C[C@@H](O)COC(C)C)s1. The molecule has 26 heavy (non-hydrogen) atoms. The molecule has 0 amide bonds. The van der Waals surface area contributed by atoms with Gasteiger partial charge in [-0.1, -0.05) is 6.07 Å². The molecule has 0 radical (unpaired) electrons. The van der Waals surface area contributed by atoms with Gasteiger partial charge in [-0.3, -0.25) is 4.90 Å². The van der Waals surface area contributed by atoms with E-state index in [2.05, 4.69) is 30.0 Å². The smallest absolute Gasteiger partial charge is 0.231 e. The number of aliphatic hydroxyl groups is 1. The largest absolute Gasteiger partial charge is 0.454 e. The normalized spacial score (nSPS) is 14.4. The number of hydrogen-bond acceptors (Lipinski definition) is 6. The molecule has 0 spiro atoms. The number of benzene rings is 1. The van der Waals surface area contributed by atoms with E-state index in [1.165, 1.54) is 9.75 Å². The van der Waals surface area contributed by atoms with Crippen LogP contribution in [-0.2, 0) is 17.8 Å². The third kappa shape index (κ3) is 5.45. The minimum Gasteiger partial charge on any atom is -0.454 e. The van der Waals surface area contributed by atoms with Gasteiger partial charge in [0.05, 0.1) is 18.8 Å². The predicted molar refractivity (Wildman–Crippen MR) is 103 cm³/mol. The van der Waals surface area contributed by atoms with E-state index in [1.807, 2.05) is 26.0 Å². The molecule has 0 unspecified atom stereocenters. The third-order valence-electron chi connectivity index (χ3n) is 4.11. The van der Waals surface area contributed by atoms with Crippen molar-refractivity contribution < 1.29 is 19.3 Å². The maximum atomic E-state index is 10.4. The average molecular weight is 378 g/mol. The molecule has 1 aliphatic heterocycles. The van der Waals surface area contributed by atoms with E-state index in [0.717, 1.165) is 30.2 Å². The van der Waals surface area contributed by atoms with Crippen molar-refractivity contribution in [2.45, 2.75) is 46.1 Å². The number of rotatable bonds is 9. The van der Waals surface area contributed by atoms with Gasteiger partial charge in [-0.2, -0.15) is 0 Å². The Labute approximate surface area is 159 Å². The number of thiophene rings is 1. The van der Waals surface area contributed by atoms with Crippen LogP contribution in [0.2, 0.25) is 0 Å². The predicted octanol–water partition coefficient (Wildman–Crippen LogP) is 3.57. The molecule has 5 nitrogen and oxygen atoms in total. The van der Waals surface area contributed by atoms with E-state index < -0.39 is 6.10 Å². The fraction of sp³-hybridized carbons (Fsp3) is 0.500. The van der Waals surface area contributed by atoms with Gasteiger partial charge in [-0.25, -0.2) is 0 Å². The van der Waals surface area contributed by atoms with Crippen molar-refractivity contribution in [3.05, 3.63) is 45.6 Å². The summed E-state index contributed by atoms with van der Waals surface area (Å²) in [5.41, 5.74) is 1.14. The average Bonchev–Trinajstić information content (AvgIpc) is 3.21. The monoisotopic (exact) mass is 377 g/mol. The van der Waals surface area contributed by atoms with E-state index >= 15 is 0 Å². The topological polar surface area (TPSA) is 51.2 Å². The number of hydrogen-bond donors (Lipinski definition) is 1. The third-order valence-corrected chi connectivity index (χ3v) is 5.09. The van der Waals surface area contributed by atoms with Gasteiger partial charge in [0.2, 0.25) is 6.79 Å². The molecule has 0 fully saturated rings. The summed E-state index contributed by atoms with van der Waals surface area (Å²) < 4.78 is 16.4. The first kappa shape index (κ1) is 19.2. The number of ether oxygens (including phenoxy) is 3. The molecule has 2 aromatic rings. The Balaban J connectivity index is 1.67. The number of nitrogens with zero attached hydrogens (tertiary/aromatic N) is 1. The fourth-order valence-electron chi connectivity index (χ4n) is 2.93. The molecule has 1 aromatic heterocycles. The highest BCUT2D eigenvalue weighted by molar-refractivity contribution is 7.11. The molecule has 1 N–H and O–H groups in total. The first-order valence-corrected chi connectivity index (χ1v) is 9.77. The van der Waals surface area contributed by atoms with Crippen molar-refractivity contribution in [2.24, 2.45) is 0 Å². The summed E-state index contributed by atoms with van der Waals surface area (Å²) in [6, 6.07) is 10.3. The van der Waals surface area contributed by atoms with Gasteiger partial charge in [0.1, 0.15) is 0 Å². The molecular weight excluding hydrogens is 350 g/mol. The van der Waals surface area contributed by atoms with Crippen LogP contribution in [0.15, 0.2) is 30.3 Å². The van der Waals surface area contributed by atoms with Crippen molar-refractivity contribution in [1.82, 2.24) is 4.90 Å². The summed E-state index contributed by atoms with van der Waals surface area (Å²) in [5, 5.41) is 10.4. The Morgan fingerprint density at radius 2 is 1.96 bits per heavy atom. The molecular formula is C20H27NO4S. The van der Waals surface area contributed by atoms with Crippen molar-refractivity contribution in [1.29, 1.82) is 0 Å². The van der Waals surface area contributed by atoms with Crippen molar-refractivity contribution in [3.63, 3.8) is 0 Å². The molecule has 0 saturated carbocycles. The molecule has 1 aliphatic rings. The minimum absolute atomic E-state index is 0.118. The summed E-state index contributed by atoms with van der Waals surface area (Å²) in [6.45, 7) is 8.77. The van der Waals surface area contributed by atoms with E-state index in [9.17, 15) is 5.11 Å². The highest BCUT2D eigenvalue weighted by Gasteiger charge is 2.17. The maximum Gasteiger partial charge on any atom is 0.231 e. The highest BCUT2D eigenvalue weighted by Crippen LogP contribution is 2.33. The lowest BCUT2D eigenvalue weighted by atomic mass is 10.1. The summed E-state index contributed by atoms with van der Waals surface area (Å²) in [6.07, 6.45) is -0.403. The number of aliphatic hydroxyl groups excluding tert-OH is 1. The van der Waals surface area contributed by atoms with Crippen LogP contribution in [0.5, 0.6) is 11.5 Å². The summed E-state index contributed by atoms with van der Waals surface area (Å²) in [5.74, 6) is 1.58. The van der Waals surface area contributed by atoms with Gasteiger partial charge >= 0.3 is 0 Å². The van der Waals surface area contributed by atoms with Crippen molar-refractivity contribution in [3.8, 4) is 11.5 Å². The molecule has 142 valence electrons. The Morgan fingerprint density at radius 1 is 1.15 bits per heavy atom. The van der Waals surface area contributed by atoms with Crippen molar-refractivity contribution in [2.75, 3.05) is 19.9 Å². The van der Waals surface area contributed by atoms with Crippen LogP contribution in [-0.4, -0.2) is 42.2 Å². The zero-order valence-corrected chi connectivity index (χ0v) is 16.4. The Hall–Kier alpha value is -1.60. The van der Waals surface area contributed by atoms with Gasteiger partial charge in [0, 0.05) is 29.4 Å². The molecule has 0 bridgehead atoms. The highest BCUT2D eigenvalue weighted by atomic mass is 32.1. The molecule has 1 aromatic carbocycles. The second kappa shape index (κ2) is 8.86. The standard InChI is InChI=1S/C20H27NO4S/c1-14(2)23-12-17(22)10-21(11-18-6-4-15(3)26-18)9-16-5-7-19-20(8-16)25-13-24-19/h4-8,14,17,22H,9-13H2,1-3H3/t17-/m1/s1. The lowest BCUT2D eigenvalue weighted by Crippen LogP contribution is -2.34. The minimum atomic E-state index is -0.521. The number of aryl methyl sites for hydroxylation is 1. The molecule has 1 atom stereocenters. The molecule has 0 aliphatic carbocycles. The van der Waals surface area contributed by atoms with E-state index in [-0.39, 0.29) is 12.9 Å². The van der Waals surface area contributed by atoms with E-state index in [1.54, 1.807) is 11.3 Å². The van der Waals surface area contributed by atoms with Crippen LogP contribution in [0.1, 0.15) is 29.2 Å². The Bertz CT molecular complexity index is 716. The van der Waals surface area contributed by atoms with Crippen LogP contribution in [0.3, 0.4) is 0 Å². The van der Waals surface area contributed by atoms with Crippen LogP contribution in [0.4, 0.5) is 0 Å². The first-order chi connectivity index (χ1) is 12.5. The Kier molecular flexibility index (Phi) is 6.53. The zero-order chi connectivity index (χ0) is 18.5. The van der Waals surface area contributed by atoms with Crippen molar-refractivity contribution >= 4 is 11.3 Å². The second-order valence-electron chi connectivity index (χ2n) is 6.91. The zero-order valence-electron chi connectivity index (χ0n) is 15.6. The second-order valence-corrected chi connectivity index (χ2v) is 8.28. The first-order valence-electron chi connectivity index (χ1n) is 8.95. The molecule has 3 rings (SSSR count). The van der Waals surface area contributed by atoms with Gasteiger partial charge in [-0.05, 0) is 50.6 Å². The van der Waals surface area contributed by atoms with Gasteiger partial charge in [-0.15, -0.1) is 11.3 Å². The van der Waals surface area contributed by atoms with Crippen LogP contribution in [0, 0.1) is 6.92 Å². The van der Waals surface area contributed by atoms with E-state index in [4.69, 9.17) is 14.2 Å². The number of fused-ring (bicyclic) bond motifs is 1. The molecule has 6 heteroatoms. The van der Waals surface area contributed by atoms with Crippen LogP contribution >= 0.6 is 11.3 Å². The van der Waals surface area contributed by atoms with Crippen LogP contribution in [0.25, 0.3) is 0 Å². The van der Waals surface area contributed by atoms with Gasteiger partial charge < -0.3 is 19.3 Å². The summed E-state index contributed by atoms with van der Waals surface area (Å²) in [4.78, 5) is 4.84. The van der Waals surface area contributed by atoms with E-state index in [0.29, 0.717) is 13.2 Å². The van der Waals surface area contributed by atoms with Gasteiger partial charge in [0.15, 0.2) is 11.5 Å². The lowest BCUT2D eigenvalue weighted by Gasteiger charge is -2.25. The lowest BCUT2D eigenvalue weighted by molar-refractivity contribution is -0.0105. The van der Waals surface area contributed by atoms with Crippen LogP contribution < -0.4 is 9.47 Å². The van der Waals surface area contributed by atoms with Gasteiger partial charge in [0.25, 0.3) is 0 Å². The molecule has 0 saturated heterocycles. The maximum absolute atomic E-state index is 10.4. The molecule has 2 heterocycles. The summed E-state index contributed by atoms with van der Waals surface area (Å²) in [7, 11) is 0. The quantitative estimate of drug-likeness (QED) is 0.724.